The molecule has 10 nitrogen and oxygen atoms in total. The lowest BCUT2D eigenvalue weighted by molar-refractivity contribution is -0.115. The molecule has 1 aliphatic rings. The van der Waals surface area contributed by atoms with E-state index < -0.39 is 11.9 Å². The van der Waals surface area contributed by atoms with E-state index in [1.165, 1.54) is 4.90 Å². The Morgan fingerprint density at radius 1 is 1.15 bits per heavy atom. The van der Waals surface area contributed by atoms with Crippen molar-refractivity contribution in [2.45, 2.75) is 46.2 Å². The Morgan fingerprint density at radius 2 is 1.85 bits per heavy atom. The van der Waals surface area contributed by atoms with Crippen molar-refractivity contribution < 1.29 is 18.7 Å². The van der Waals surface area contributed by atoms with Crippen molar-refractivity contribution in [3.8, 4) is 0 Å². The molecule has 2 aromatic carbocycles. The Balaban J connectivity index is 1.46. The molecule has 4 rings (SSSR count). The van der Waals surface area contributed by atoms with Crippen LogP contribution < -0.4 is 25.8 Å². The largest absolute Gasteiger partial charge is 0.447 e. The van der Waals surface area contributed by atoms with E-state index in [1.807, 2.05) is 89.2 Å². The van der Waals surface area contributed by atoms with Gasteiger partial charge in [0.15, 0.2) is 11.6 Å². The first-order chi connectivity index (χ1) is 19.1. The maximum absolute atomic E-state index is 14.6. The zero-order chi connectivity index (χ0) is 29.0. The van der Waals surface area contributed by atoms with Crippen molar-refractivity contribution >= 4 is 46.5 Å². The number of aromatic nitrogens is 2. The first-order valence-electron chi connectivity index (χ1n) is 13.3. The molecule has 11 heteroatoms. The third-order valence-electron chi connectivity index (χ3n) is 6.75. The third-order valence-corrected chi connectivity index (χ3v) is 6.75. The van der Waals surface area contributed by atoms with E-state index >= 15 is 0 Å². The van der Waals surface area contributed by atoms with Gasteiger partial charge < -0.3 is 25.6 Å². The van der Waals surface area contributed by atoms with E-state index in [-0.39, 0.29) is 42.3 Å². The van der Waals surface area contributed by atoms with Crippen LogP contribution in [0.3, 0.4) is 0 Å². The van der Waals surface area contributed by atoms with Crippen LogP contribution in [-0.2, 0) is 9.53 Å². The maximum atomic E-state index is 14.6. The molecule has 212 valence electrons. The van der Waals surface area contributed by atoms with Gasteiger partial charge in [0, 0.05) is 31.9 Å². The highest BCUT2D eigenvalue weighted by Crippen LogP contribution is 2.31. The number of hydrogen-bond donors (Lipinski definition) is 3. The van der Waals surface area contributed by atoms with Crippen LogP contribution in [0.5, 0.6) is 0 Å². The zero-order valence-corrected chi connectivity index (χ0v) is 23.7. The Bertz CT molecular complexity index is 1360. The molecule has 0 bridgehead atoms. The Labute approximate surface area is 233 Å². The van der Waals surface area contributed by atoms with Crippen LogP contribution >= 0.6 is 0 Å². The van der Waals surface area contributed by atoms with E-state index in [4.69, 9.17) is 4.74 Å². The van der Waals surface area contributed by atoms with Gasteiger partial charge in [-0.15, -0.1) is 0 Å². The van der Waals surface area contributed by atoms with Crippen LogP contribution in [0.1, 0.15) is 45.7 Å². The number of ether oxygens (including phenoxy) is 1. The van der Waals surface area contributed by atoms with Crippen LogP contribution in [0, 0.1) is 11.7 Å². The number of nitrogens with zero attached hydrogens (tertiary/aromatic N) is 4. The van der Waals surface area contributed by atoms with Gasteiger partial charge in [-0.25, -0.2) is 14.2 Å². The van der Waals surface area contributed by atoms with Gasteiger partial charge in [-0.3, -0.25) is 9.69 Å². The number of halogens is 1. The van der Waals surface area contributed by atoms with Gasteiger partial charge >= 0.3 is 6.09 Å². The van der Waals surface area contributed by atoms with Crippen molar-refractivity contribution in [2.24, 2.45) is 5.92 Å². The lowest BCUT2D eigenvalue weighted by atomic mass is 10.0. The molecule has 1 aliphatic heterocycles. The van der Waals surface area contributed by atoms with E-state index in [9.17, 15) is 14.0 Å². The topological polar surface area (TPSA) is 112 Å². The lowest BCUT2D eigenvalue weighted by Crippen LogP contribution is -2.38. The third kappa shape index (κ3) is 6.41. The summed E-state index contributed by atoms with van der Waals surface area (Å²) in [5.74, 6) is -0.565. The van der Waals surface area contributed by atoms with E-state index in [0.717, 1.165) is 34.5 Å². The maximum Gasteiger partial charge on any atom is 0.416 e. The van der Waals surface area contributed by atoms with Crippen molar-refractivity contribution in [3.05, 3.63) is 60.0 Å². The monoisotopic (exact) mass is 549 g/mol. The predicted octanol–water partition coefficient (Wildman–Crippen LogP) is 5.93. The fourth-order valence-electron chi connectivity index (χ4n) is 4.41. The van der Waals surface area contributed by atoms with Crippen molar-refractivity contribution in [2.75, 3.05) is 46.5 Å². The number of rotatable bonds is 10. The molecule has 2 heterocycles. The summed E-state index contributed by atoms with van der Waals surface area (Å²) in [5, 5.41) is 9.52. The number of amides is 2. The molecule has 1 aromatic heterocycles. The summed E-state index contributed by atoms with van der Waals surface area (Å²) >= 11 is 0. The summed E-state index contributed by atoms with van der Waals surface area (Å²) in [5.41, 5.74) is 4.31. The predicted molar refractivity (Wildman–Crippen MR) is 156 cm³/mol. The minimum Gasteiger partial charge on any atom is -0.447 e. The fraction of sp³-hybridized carbons (Fsp3) is 0.379. The molecule has 3 aromatic rings. The molecule has 0 radical (unpaired) electrons. The number of anilines is 6. The van der Waals surface area contributed by atoms with Crippen molar-refractivity contribution in [1.82, 2.24) is 9.97 Å². The molecular weight excluding hydrogens is 513 g/mol. The molecule has 1 saturated heterocycles. The van der Waals surface area contributed by atoms with E-state index in [0.29, 0.717) is 6.42 Å². The summed E-state index contributed by atoms with van der Waals surface area (Å²) < 4.78 is 19.8. The standard InChI is InChI=1S/C29H36FN7O3/c1-7-26(38)34-23-14-21(12-13-24(23)36(5)6)33-20-10-8-19(9-11-20)18(4)32-28-31-15-22(30)27(35-28)37-25(17(2)3)16-40-29(37)39/h8-15,17-18,25,33H,7,16H2,1-6H3,(H,34,38)(H,31,32,35)/t18-,25+/m0/s1. The van der Waals surface area contributed by atoms with Crippen LogP contribution in [0.2, 0.25) is 0 Å². The smallest absolute Gasteiger partial charge is 0.416 e. The highest BCUT2D eigenvalue weighted by molar-refractivity contribution is 5.95. The summed E-state index contributed by atoms with van der Waals surface area (Å²) in [6.45, 7) is 7.84. The molecule has 0 unspecified atom stereocenters. The minimum absolute atomic E-state index is 0.0524. The van der Waals surface area contributed by atoms with Crippen molar-refractivity contribution in [3.63, 3.8) is 0 Å². The molecule has 40 heavy (non-hydrogen) atoms. The number of carbonyl (C=O) groups excluding carboxylic acids is 2. The Hall–Kier alpha value is -4.41. The van der Waals surface area contributed by atoms with Crippen LogP contribution in [0.4, 0.5) is 43.7 Å². The van der Waals surface area contributed by atoms with Gasteiger partial charge in [0.05, 0.1) is 29.7 Å². The van der Waals surface area contributed by atoms with Gasteiger partial charge in [0.1, 0.15) is 6.61 Å². The van der Waals surface area contributed by atoms with Crippen molar-refractivity contribution in [1.29, 1.82) is 0 Å². The fourth-order valence-corrected chi connectivity index (χ4v) is 4.41. The molecule has 0 aliphatic carbocycles. The SMILES string of the molecule is CCC(=O)Nc1cc(Nc2ccc([C@H](C)Nc3ncc(F)c(N4C(=O)OC[C@@H]4C(C)C)n3)cc2)ccc1N(C)C. The molecule has 2 atom stereocenters. The summed E-state index contributed by atoms with van der Waals surface area (Å²) in [6, 6.07) is 13.1. The average Bonchev–Trinajstić information content (AvgIpc) is 3.31. The van der Waals surface area contributed by atoms with Crippen LogP contribution in [0.15, 0.2) is 48.7 Å². The van der Waals surface area contributed by atoms with E-state index in [1.54, 1.807) is 0 Å². The number of cyclic esters (lactones) is 1. The molecule has 3 N–H and O–H groups in total. The highest BCUT2D eigenvalue weighted by atomic mass is 19.1. The summed E-state index contributed by atoms with van der Waals surface area (Å²) in [6.07, 6.45) is 0.840. The second kappa shape index (κ2) is 12.2. The first kappa shape index (κ1) is 28.6. The Morgan fingerprint density at radius 3 is 2.50 bits per heavy atom. The number of hydrogen-bond acceptors (Lipinski definition) is 8. The van der Waals surface area contributed by atoms with Gasteiger partial charge in [-0.1, -0.05) is 32.9 Å². The normalized spacial score (nSPS) is 15.6. The molecule has 0 saturated carbocycles. The molecule has 0 spiro atoms. The first-order valence-corrected chi connectivity index (χ1v) is 13.3. The number of carbonyl (C=O) groups is 2. The second-order valence-corrected chi connectivity index (χ2v) is 10.3. The molecular formula is C29H36FN7O3. The highest BCUT2D eigenvalue weighted by Gasteiger charge is 2.38. The van der Waals surface area contributed by atoms with E-state index in [2.05, 4.69) is 25.9 Å². The number of nitrogens with one attached hydrogen (secondary N) is 3. The van der Waals surface area contributed by atoms with Crippen LogP contribution in [0.25, 0.3) is 0 Å². The molecule has 2 amide bonds. The number of benzene rings is 2. The van der Waals surface area contributed by atoms with Gasteiger partial charge in [-0.05, 0) is 48.7 Å². The summed E-state index contributed by atoms with van der Waals surface area (Å²) in [7, 11) is 3.86. The second-order valence-electron chi connectivity index (χ2n) is 10.3. The van der Waals surface area contributed by atoms with Gasteiger partial charge in [0.25, 0.3) is 0 Å². The lowest BCUT2D eigenvalue weighted by Gasteiger charge is -2.24. The quantitative estimate of drug-likeness (QED) is 0.285. The van der Waals surface area contributed by atoms with Gasteiger partial charge in [-0.2, -0.15) is 4.98 Å². The minimum atomic E-state index is -0.686. The Kier molecular flexibility index (Phi) is 8.71. The average molecular weight is 550 g/mol. The summed E-state index contributed by atoms with van der Waals surface area (Å²) in [4.78, 5) is 35.9. The van der Waals surface area contributed by atoms with Crippen LogP contribution in [-0.4, -0.2) is 48.7 Å². The zero-order valence-electron chi connectivity index (χ0n) is 23.7. The van der Waals surface area contributed by atoms with Gasteiger partial charge in [0.2, 0.25) is 11.9 Å². The molecule has 1 fully saturated rings.